The molecule has 0 bridgehead atoms. The minimum absolute atomic E-state index is 0.0894. The summed E-state index contributed by atoms with van der Waals surface area (Å²) in [5.74, 6) is -0.762. The third kappa shape index (κ3) is 5.58. The topological polar surface area (TPSA) is 96.0 Å². The van der Waals surface area contributed by atoms with Crippen molar-refractivity contribution in [2.75, 3.05) is 42.5 Å². The highest BCUT2D eigenvalue weighted by atomic mass is 32.2. The number of morpholine rings is 1. The zero-order valence-electron chi connectivity index (χ0n) is 20.1. The van der Waals surface area contributed by atoms with Crippen LogP contribution in [0.5, 0.6) is 0 Å². The van der Waals surface area contributed by atoms with Crippen LogP contribution in [0, 0.1) is 0 Å². The molecule has 0 atom stereocenters. The van der Waals surface area contributed by atoms with Crippen molar-refractivity contribution in [2.24, 2.45) is 0 Å². The highest BCUT2D eigenvalue weighted by Crippen LogP contribution is 2.28. The second kappa shape index (κ2) is 11.4. The molecule has 0 radical (unpaired) electrons. The molecule has 9 heteroatoms. The molecule has 0 aliphatic carbocycles. The van der Waals surface area contributed by atoms with Gasteiger partial charge in [0.05, 0.1) is 35.0 Å². The lowest BCUT2D eigenvalue weighted by molar-refractivity contribution is -0.114. The molecular formula is C27H29N3O5S. The van der Waals surface area contributed by atoms with Crippen molar-refractivity contribution >= 4 is 33.2 Å². The molecule has 4 rings (SSSR count). The number of ether oxygens (including phenoxy) is 1. The Labute approximate surface area is 211 Å². The summed E-state index contributed by atoms with van der Waals surface area (Å²) in [5, 5.41) is 2.77. The van der Waals surface area contributed by atoms with Crippen LogP contribution >= 0.6 is 0 Å². The van der Waals surface area contributed by atoms with Crippen molar-refractivity contribution in [1.82, 2.24) is 4.90 Å². The smallest absolute Gasteiger partial charge is 0.264 e. The molecule has 1 N–H and O–H groups in total. The quantitative estimate of drug-likeness (QED) is 0.503. The highest BCUT2D eigenvalue weighted by Gasteiger charge is 2.29. The maximum Gasteiger partial charge on any atom is 0.264 e. The predicted octanol–water partition coefficient (Wildman–Crippen LogP) is 3.56. The number of benzene rings is 3. The summed E-state index contributed by atoms with van der Waals surface area (Å²) in [4.78, 5) is 28.1. The van der Waals surface area contributed by atoms with Crippen LogP contribution in [0.15, 0.2) is 83.8 Å². The molecule has 1 fully saturated rings. The number of carbonyl (C=O) groups is 2. The van der Waals surface area contributed by atoms with Gasteiger partial charge in [0.25, 0.3) is 15.9 Å². The fraction of sp³-hybridized carbons (Fsp3) is 0.259. The van der Waals surface area contributed by atoms with Gasteiger partial charge in [-0.1, -0.05) is 55.5 Å². The molecule has 0 saturated carbocycles. The van der Waals surface area contributed by atoms with Gasteiger partial charge in [0, 0.05) is 13.1 Å². The van der Waals surface area contributed by atoms with Crippen LogP contribution in [0.25, 0.3) is 0 Å². The number of anilines is 2. The SMILES string of the molecule is CCc1ccccc1N(CC(=O)Nc1ccccc1C(=O)N1CCOCC1)S(=O)(=O)c1ccccc1. The average molecular weight is 508 g/mol. The number of nitrogens with one attached hydrogen (secondary N) is 1. The Hall–Kier alpha value is -3.69. The normalized spacial score (nSPS) is 13.8. The maximum atomic E-state index is 13.6. The zero-order chi connectivity index (χ0) is 25.5. The van der Waals surface area contributed by atoms with Gasteiger partial charge >= 0.3 is 0 Å². The Morgan fingerprint density at radius 2 is 1.56 bits per heavy atom. The monoisotopic (exact) mass is 507 g/mol. The van der Waals surface area contributed by atoms with Gasteiger partial charge in [-0.3, -0.25) is 13.9 Å². The summed E-state index contributed by atoms with van der Waals surface area (Å²) >= 11 is 0. The number of hydrogen-bond donors (Lipinski definition) is 1. The minimum Gasteiger partial charge on any atom is -0.378 e. The van der Waals surface area contributed by atoms with Crippen molar-refractivity contribution in [2.45, 2.75) is 18.2 Å². The molecular weight excluding hydrogens is 478 g/mol. The van der Waals surface area contributed by atoms with Crippen LogP contribution in [0.1, 0.15) is 22.8 Å². The maximum absolute atomic E-state index is 13.6. The van der Waals surface area contributed by atoms with E-state index in [4.69, 9.17) is 4.74 Å². The fourth-order valence-corrected chi connectivity index (χ4v) is 5.59. The molecule has 1 aliphatic rings. The third-order valence-corrected chi connectivity index (χ3v) is 7.76. The average Bonchev–Trinajstić information content (AvgIpc) is 2.92. The molecule has 0 aromatic heterocycles. The van der Waals surface area contributed by atoms with Crippen LogP contribution in [0.3, 0.4) is 0 Å². The van der Waals surface area contributed by atoms with Crippen molar-refractivity contribution in [3.63, 3.8) is 0 Å². The zero-order valence-corrected chi connectivity index (χ0v) is 20.9. The number of para-hydroxylation sites is 2. The molecule has 2 amide bonds. The first-order valence-corrected chi connectivity index (χ1v) is 13.3. The van der Waals surface area contributed by atoms with Gasteiger partial charge in [-0.25, -0.2) is 8.42 Å². The number of aryl methyl sites for hydroxylation is 1. The van der Waals surface area contributed by atoms with Gasteiger partial charge < -0.3 is 15.0 Å². The number of sulfonamides is 1. The number of hydrogen-bond acceptors (Lipinski definition) is 5. The molecule has 0 spiro atoms. The lowest BCUT2D eigenvalue weighted by atomic mass is 10.1. The first-order chi connectivity index (χ1) is 17.4. The predicted molar refractivity (Wildman–Crippen MR) is 139 cm³/mol. The van der Waals surface area contributed by atoms with Gasteiger partial charge in [-0.15, -0.1) is 0 Å². The first-order valence-electron chi connectivity index (χ1n) is 11.8. The lowest BCUT2D eigenvalue weighted by Crippen LogP contribution is -2.41. The number of carbonyl (C=O) groups excluding carboxylic acids is 2. The van der Waals surface area contributed by atoms with E-state index >= 15 is 0 Å². The third-order valence-electron chi connectivity index (χ3n) is 5.99. The molecule has 0 unspecified atom stereocenters. The van der Waals surface area contributed by atoms with Gasteiger partial charge in [0.15, 0.2) is 0 Å². The fourth-order valence-electron chi connectivity index (χ4n) is 4.11. The molecule has 1 aliphatic heterocycles. The van der Waals surface area contributed by atoms with Crippen molar-refractivity contribution in [1.29, 1.82) is 0 Å². The van der Waals surface area contributed by atoms with Crippen LogP contribution in [-0.2, 0) is 26.0 Å². The van der Waals surface area contributed by atoms with E-state index in [0.717, 1.165) is 9.87 Å². The van der Waals surface area contributed by atoms with Crippen LogP contribution in [-0.4, -0.2) is 58.0 Å². The summed E-state index contributed by atoms with van der Waals surface area (Å²) in [6.45, 7) is 3.34. The number of rotatable bonds is 8. The Balaban J connectivity index is 1.63. The van der Waals surface area contributed by atoms with E-state index in [2.05, 4.69) is 5.32 Å². The molecule has 188 valence electrons. The Morgan fingerprint density at radius 1 is 0.917 bits per heavy atom. The molecule has 3 aromatic carbocycles. The summed E-state index contributed by atoms with van der Waals surface area (Å²) in [6, 6.07) is 21.9. The van der Waals surface area contributed by atoms with Crippen LogP contribution in [0.2, 0.25) is 0 Å². The van der Waals surface area contributed by atoms with E-state index in [1.807, 2.05) is 19.1 Å². The Kier molecular flexibility index (Phi) is 8.02. The van der Waals surface area contributed by atoms with E-state index in [0.29, 0.717) is 49.7 Å². The van der Waals surface area contributed by atoms with E-state index in [9.17, 15) is 18.0 Å². The number of amides is 2. The van der Waals surface area contributed by atoms with E-state index in [1.165, 1.54) is 12.1 Å². The Morgan fingerprint density at radius 3 is 2.28 bits per heavy atom. The van der Waals surface area contributed by atoms with Gasteiger partial charge in [-0.2, -0.15) is 0 Å². The van der Waals surface area contributed by atoms with Gasteiger partial charge in [-0.05, 0) is 42.3 Å². The van der Waals surface area contributed by atoms with E-state index in [-0.39, 0.29) is 10.8 Å². The Bertz CT molecular complexity index is 1320. The molecule has 36 heavy (non-hydrogen) atoms. The van der Waals surface area contributed by atoms with Crippen LogP contribution in [0.4, 0.5) is 11.4 Å². The number of nitrogens with zero attached hydrogens (tertiary/aromatic N) is 2. The highest BCUT2D eigenvalue weighted by molar-refractivity contribution is 7.92. The summed E-state index contributed by atoms with van der Waals surface area (Å²) in [7, 11) is -4.03. The van der Waals surface area contributed by atoms with Crippen molar-refractivity contribution in [3.05, 3.63) is 90.0 Å². The molecule has 3 aromatic rings. The second-order valence-electron chi connectivity index (χ2n) is 8.31. The lowest BCUT2D eigenvalue weighted by Gasteiger charge is -2.28. The van der Waals surface area contributed by atoms with Crippen LogP contribution < -0.4 is 9.62 Å². The van der Waals surface area contributed by atoms with Crippen molar-refractivity contribution in [3.8, 4) is 0 Å². The second-order valence-corrected chi connectivity index (χ2v) is 10.2. The minimum atomic E-state index is -4.03. The summed E-state index contributed by atoms with van der Waals surface area (Å²) in [5.41, 5.74) is 1.92. The van der Waals surface area contributed by atoms with Gasteiger partial charge in [0.2, 0.25) is 5.91 Å². The molecule has 8 nitrogen and oxygen atoms in total. The van der Waals surface area contributed by atoms with Gasteiger partial charge in [0.1, 0.15) is 6.54 Å². The summed E-state index contributed by atoms with van der Waals surface area (Å²) < 4.78 is 33.7. The van der Waals surface area contributed by atoms with E-state index in [1.54, 1.807) is 59.5 Å². The standard InChI is InChI=1S/C27H29N3O5S/c1-2-21-10-6-9-15-25(21)30(36(33,34)22-11-4-3-5-12-22)20-26(31)28-24-14-8-7-13-23(24)27(32)29-16-18-35-19-17-29/h3-15H,2,16-20H2,1H3,(H,28,31). The first kappa shape index (κ1) is 25.4. The largest absolute Gasteiger partial charge is 0.378 e. The van der Waals surface area contributed by atoms with Crippen molar-refractivity contribution < 1.29 is 22.7 Å². The molecule has 1 saturated heterocycles. The van der Waals surface area contributed by atoms with E-state index < -0.39 is 22.5 Å². The summed E-state index contributed by atoms with van der Waals surface area (Å²) in [6.07, 6.45) is 0.593. The molecule has 1 heterocycles.